The summed E-state index contributed by atoms with van der Waals surface area (Å²) >= 11 is 12.2. The highest BCUT2D eigenvalue weighted by molar-refractivity contribution is 6.43. The minimum atomic E-state index is -0.393. The Labute approximate surface area is 141 Å². The van der Waals surface area contributed by atoms with Crippen LogP contribution in [0.2, 0.25) is 10.0 Å². The summed E-state index contributed by atoms with van der Waals surface area (Å²) in [6.07, 6.45) is 0. The van der Waals surface area contributed by atoms with Crippen LogP contribution in [0.4, 0.5) is 0 Å². The van der Waals surface area contributed by atoms with E-state index in [1.807, 2.05) is 0 Å². The second-order valence-corrected chi connectivity index (χ2v) is 5.84. The summed E-state index contributed by atoms with van der Waals surface area (Å²) < 4.78 is 5.56. The lowest BCUT2D eigenvalue weighted by Crippen LogP contribution is -2.08. The largest absolute Gasteiger partial charge is 0.449 e. The van der Waals surface area contributed by atoms with Gasteiger partial charge in [0.1, 0.15) is 24.8 Å². The Morgan fingerprint density at radius 1 is 1.17 bits per heavy atom. The number of nitrogens with zero attached hydrogens (tertiary/aromatic N) is 1. The average Bonchev–Trinajstić information content (AvgIpc) is 2.89. The van der Waals surface area contributed by atoms with Crippen LogP contribution in [0.3, 0.4) is 0 Å². The fraction of sp³-hybridized carbons (Fsp3) is 0. The summed E-state index contributed by atoms with van der Waals surface area (Å²) in [6, 6.07) is 10.3. The zero-order valence-corrected chi connectivity index (χ0v) is 13.1. The monoisotopic (exact) mass is 340 g/mol. The summed E-state index contributed by atoms with van der Waals surface area (Å²) in [5.41, 5.74) is 1.83. The van der Waals surface area contributed by atoms with Crippen LogP contribution in [0, 0.1) is 0 Å². The molecule has 0 aliphatic rings. The maximum atomic E-state index is 12.3. The molecule has 4 rings (SSSR count). The fourth-order valence-corrected chi connectivity index (χ4v) is 2.88. The van der Waals surface area contributed by atoms with Crippen LogP contribution in [0.15, 0.2) is 45.6 Å². The Bertz CT molecular complexity index is 1130. The van der Waals surface area contributed by atoms with E-state index in [0.717, 1.165) is 0 Å². The number of hydrogen-bond acceptors (Lipinski definition) is 3. The number of aromatic amines is 1. The SMILES string of the molecule is [B]c1ccc2oc3c(=O)[nH]c(-c4cccc(Cl)c4Cl)nc3c2c1. The standard InChI is InChI=1S/C16H7BCl2N2O2/c17-7-4-5-11-9(6-7)13-14(23-11)16(22)21-15(20-13)8-2-1-3-10(18)12(8)19/h1-6H,(H,20,21,22). The first kappa shape index (κ1) is 14.4. The molecule has 7 heteroatoms. The molecule has 1 N–H and O–H groups in total. The second-order valence-electron chi connectivity index (χ2n) is 5.05. The van der Waals surface area contributed by atoms with E-state index in [-0.39, 0.29) is 5.58 Å². The third-order valence-corrected chi connectivity index (χ3v) is 4.37. The Morgan fingerprint density at radius 3 is 2.83 bits per heavy atom. The van der Waals surface area contributed by atoms with Crippen molar-refractivity contribution in [3.8, 4) is 11.4 Å². The van der Waals surface area contributed by atoms with Gasteiger partial charge in [-0.25, -0.2) is 4.98 Å². The summed E-state index contributed by atoms with van der Waals surface area (Å²) in [5.74, 6) is 0.320. The van der Waals surface area contributed by atoms with Crippen LogP contribution in [0.5, 0.6) is 0 Å². The minimum absolute atomic E-state index is 0.146. The number of aromatic nitrogens is 2. The number of benzene rings is 2. The van der Waals surface area contributed by atoms with Crippen molar-refractivity contribution in [3.63, 3.8) is 0 Å². The zero-order chi connectivity index (χ0) is 16.1. The summed E-state index contributed by atoms with van der Waals surface area (Å²) in [4.78, 5) is 19.5. The molecule has 0 aliphatic carbocycles. The molecule has 2 aromatic heterocycles. The van der Waals surface area contributed by atoms with Crippen molar-refractivity contribution in [1.29, 1.82) is 0 Å². The summed E-state index contributed by atoms with van der Waals surface area (Å²) in [5, 5.41) is 1.38. The van der Waals surface area contributed by atoms with E-state index in [1.54, 1.807) is 36.4 Å². The molecule has 4 nitrogen and oxygen atoms in total. The van der Waals surface area contributed by atoms with E-state index < -0.39 is 5.56 Å². The first-order valence-electron chi connectivity index (χ1n) is 6.71. The van der Waals surface area contributed by atoms with Crippen molar-refractivity contribution >= 4 is 58.6 Å². The van der Waals surface area contributed by atoms with Gasteiger partial charge in [-0.3, -0.25) is 4.79 Å². The maximum Gasteiger partial charge on any atom is 0.294 e. The molecule has 2 radical (unpaired) electrons. The Balaban J connectivity index is 2.10. The van der Waals surface area contributed by atoms with Gasteiger partial charge < -0.3 is 9.40 Å². The van der Waals surface area contributed by atoms with Crippen LogP contribution in [-0.4, -0.2) is 17.8 Å². The lowest BCUT2D eigenvalue weighted by atomic mass is 9.95. The molecule has 0 aliphatic heterocycles. The van der Waals surface area contributed by atoms with Crippen LogP contribution >= 0.6 is 23.2 Å². The topological polar surface area (TPSA) is 58.9 Å². The van der Waals surface area contributed by atoms with Crippen molar-refractivity contribution in [2.45, 2.75) is 0 Å². The molecule has 2 heterocycles. The molecule has 0 saturated heterocycles. The molecule has 0 spiro atoms. The van der Waals surface area contributed by atoms with E-state index in [2.05, 4.69) is 9.97 Å². The van der Waals surface area contributed by atoms with Crippen LogP contribution < -0.4 is 11.0 Å². The van der Waals surface area contributed by atoms with Gasteiger partial charge in [0.15, 0.2) is 0 Å². The molecule has 0 fully saturated rings. The number of H-pyrrole nitrogens is 1. The van der Waals surface area contributed by atoms with Crippen molar-refractivity contribution in [2.75, 3.05) is 0 Å². The number of hydrogen-bond donors (Lipinski definition) is 1. The van der Waals surface area contributed by atoms with E-state index >= 15 is 0 Å². The number of nitrogens with one attached hydrogen (secondary N) is 1. The molecular weight excluding hydrogens is 334 g/mol. The van der Waals surface area contributed by atoms with Gasteiger partial charge in [-0.05, 0) is 18.2 Å². The molecule has 23 heavy (non-hydrogen) atoms. The summed E-state index contributed by atoms with van der Waals surface area (Å²) in [7, 11) is 5.81. The zero-order valence-electron chi connectivity index (χ0n) is 11.6. The third-order valence-electron chi connectivity index (χ3n) is 3.55. The number of rotatable bonds is 1. The van der Waals surface area contributed by atoms with Gasteiger partial charge >= 0.3 is 0 Å². The van der Waals surface area contributed by atoms with E-state index in [4.69, 9.17) is 35.5 Å². The Kier molecular flexibility index (Phi) is 3.22. The Morgan fingerprint density at radius 2 is 2.00 bits per heavy atom. The molecule has 0 unspecified atom stereocenters. The lowest BCUT2D eigenvalue weighted by molar-refractivity contribution is 0.661. The first-order valence-corrected chi connectivity index (χ1v) is 7.46. The van der Waals surface area contributed by atoms with Crippen molar-refractivity contribution in [1.82, 2.24) is 9.97 Å². The van der Waals surface area contributed by atoms with Crippen molar-refractivity contribution in [2.24, 2.45) is 0 Å². The first-order chi connectivity index (χ1) is 11.0. The maximum absolute atomic E-state index is 12.3. The number of halogens is 2. The molecule has 4 aromatic rings. The smallest absolute Gasteiger partial charge is 0.294 e. The van der Waals surface area contributed by atoms with Gasteiger partial charge in [-0.15, -0.1) is 0 Å². The van der Waals surface area contributed by atoms with Gasteiger partial charge in [0.25, 0.3) is 5.56 Å². The fourth-order valence-electron chi connectivity index (χ4n) is 2.49. The highest BCUT2D eigenvalue weighted by Crippen LogP contribution is 2.32. The number of furan rings is 1. The predicted molar refractivity (Wildman–Crippen MR) is 93.0 cm³/mol. The van der Waals surface area contributed by atoms with Gasteiger partial charge in [-0.1, -0.05) is 46.9 Å². The van der Waals surface area contributed by atoms with Crippen LogP contribution in [0.25, 0.3) is 33.5 Å². The third kappa shape index (κ3) is 2.24. The highest BCUT2D eigenvalue weighted by Gasteiger charge is 2.16. The molecule has 0 saturated carbocycles. The van der Waals surface area contributed by atoms with Crippen LogP contribution in [0.1, 0.15) is 0 Å². The highest BCUT2D eigenvalue weighted by atomic mass is 35.5. The molecule has 0 atom stereocenters. The number of fused-ring (bicyclic) bond motifs is 3. The molecule has 0 amide bonds. The van der Waals surface area contributed by atoms with E-state index in [1.165, 1.54) is 0 Å². The van der Waals surface area contributed by atoms with Gasteiger partial charge in [-0.2, -0.15) is 0 Å². The van der Waals surface area contributed by atoms with Crippen LogP contribution in [-0.2, 0) is 0 Å². The molecule has 2 aromatic carbocycles. The molecular formula is C16H7BCl2N2O2. The normalized spacial score (nSPS) is 11.4. The quantitative estimate of drug-likeness (QED) is 0.540. The minimum Gasteiger partial charge on any atom is -0.449 e. The Hall–Kier alpha value is -2.24. The molecule has 0 bridgehead atoms. The lowest BCUT2D eigenvalue weighted by Gasteiger charge is -2.04. The van der Waals surface area contributed by atoms with Gasteiger partial charge in [0.05, 0.1) is 10.0 Å². The van der Waals surface area contributed by atoms with Crippen molar-refractivity contribution in [3.05, 3.63) is 56.8 Å². The molecule has 110 valence electrons. The van der Waals surface area contributed by atoms with Gasteiger partial charge in [0, 0.05) is 10.9 Å². The van der Waals surface area contributed by atoms with E-state index in [9.17, 15) is 4.79 Å². The summed E-state index contributed by atoms with van der Waals surface area (Å²) in [6.45, 7) is 0. The predicted octanol–water partition coefficient (Wildman–Crippen LogP) is 3.44. The van der Waals surface area contributed by atoms with Gasteiger partial charge in [0.2, 0.25) is 5.58 Å². The second kappa shape index (κ2) is 5.15. The van der Waals surface area contributed by atoms with Crippen molar-refractivity contribution < 1.29 is 4.42 Å². The average molecular weight is 341 g/mol. The van der Waals surface area contributed by atoms with E-state index in [0.29, 0.717) is 43.4 Å².